The van der Waals surface area contributed by atoms with Crippen molar-refractivity contribution in [2.24, 2.45) is 0 Å². The molecule has 0 atom stereocenters. The lowest BCUT2D eigenvalue weighted by atomic mass is 9.94. The Morgan fingerprint density at radius 1 is 0.705 bits per heavy atom. The lowest BCUT2D eigenvalue weighted by Crippen LogP contribution is -2.05. The molecular weight excluding hydrogens is 586 g/mol. The van der Waals surface area contributed by atoms with Crippen LogP contribution in [0.25, 0.3) is 39.3 Å². The molecule has 0 bridgehead atoms. The molecular formula is C33H24F6N2O3. The minimum absolute atomic E-state index is 0.182. The summed E-state index contributed by atoms with van der Waals surface area (Å²) in [4.78, 5) is 12.2. The molecule has 0 aliphatic heterocycles. The normalized spacial score (nSPS) is 11.8. The number of rotatable bonds is 7. The van der Waals surface area contributed by atoms with E-state index in [1.807, 2.05) is 0 Å². The molecule has 0 spiro atoms. The van der Waals surface area contributed by atoms with Crippen LogP contribution in [0.3, 0.4) is 0 Å². The van der Waals surface area contributed by atoms with Crippen LogP contribution in [0.5, 0.6) is 5.75 Å². The first-order valence-corrected chi connectivity index (χ1v) is 13.3. The second kappa shape index (κ2) is 11.9. The third-order valence-corrected chi connectivity index (χ3v) is 6.86. The summed E-state index contributed by atoms with van der Waals surface area (Å²) in [5, 5.41) is 4.83. The molecule has 0 amide bonds. The topological polar surface area (TPSA) is 53.3 Å². The molecule has 1 heterocycles. The van der Waals surface area contributed by atoms with Crippen molar-refractivity contribution in [3.63, 3.8) is 0 Å². The first-order valence-electron chi connectivity index (χ1n) is 13.3. The van der Waals surface area contributed by atoms with Crippen molar-refractivity contribution in [3.8, 4) is 45.1 Å². The summed E-state index contributed by atoms with van der Waals surface area (Å²) in [6.45, 7) is 1.86. The molecule has 0 aliphatic rings. The Kier molecular flexibility index (Phi) is 8.23. The molecule has 11 heteroatoms. The highest BCUT2D eigenvalue weighted by Crippen LogP contribution is 2.43. The summed E-state index contributed by atoms with van der Waals surface area (Å²) >= 11 is 0. The Morgan fingerprint density at radius 2 is 1.20 bits per heavy atom. The Hall–Kier alpha value is -5.06. The van der Waals surface area contributed by atoms with Crippen molar-refractivity contribution >= 4 is 5.97 Å². The van der Waals surface area contributed by atoms with E-state index < -0.39 is 29.4 Å². The largest absolute Gasteiger partial charge is 0.497 e. The molecule has 5 aromatic rings. The molecule has 4 aromatic carbocycles. The number of hydrogen-bond acceptors (Lipinski definition) is 4. The first kappa shape index (κ1) is 30.4. The van der Waals surface area contributed by atoms with Gasteiger partial charge in [0.05, 0.1) is 41.8 Å². The van der Waals surface area contributed by atoms with Gasteiger partial charge < -0.3 is 9.47 Å². The fourth-order valence-corrected chi connectivity index (χ4v) is 4.69. The first-order chi connectivity index (χ1) is 20.9. The fourth-order valence-electron chi connectivity index (χ4n) is 4.69. The molecule has 0 saturated heterocycles. The molecule has 0 radical (unpaired) electrons. The molecule has 226 valence electrons. The van der Waals surface area contributed by atoms with E-state index in [4.69, 9.17) is 14.6 Å². The molecule has 5 nitrogen and oxygen atoms in total. The number of alkyl halides is 6. The Bertz CT molecular complexity index is 1760. The maximum atomic E-state index is 13.4. The van der Waals surface area contributed by atoms with E-state index in [9.17, 15) is 31.1 Å². The number of benzene rings is 4. The van der Waals surface area contributed by atoms with Crippen LogP contribution in [-0.2, 0) is 17.1 Å². The highest BCUT2D eigenvalue weighted by Gasteiger charge is 2.32. The molecule has 44 heavy (non-hydrogen) atoms. The maximum absolute atomic E-state index is 13.4. The summed E-state index contributed by atoms with van der Waals surface area (Å²) in [5.41, 5.74) is 1.31. The minimum atomic E-state index is -4.58. The van der Waals surface area contributed by atoms with E-state index >= 15 is 0 Å². The van der Waals surface area contributed by atoms with Gasteiger partial charge in [-0.25, -0.2) is 9.48 Å². The zero-order valence-corrected chi connectivity index (χ0v) is 23.3. The summed E-state index contributed by atoms with van der Waals surface area (Å²) in [5.74, 6) is 0.0194. The van der Waals surface area contributed by atoms with E-state index in [2.05, 4.69) is 0 Å². The van der Waals surface area contributed by atoms with Crippen LogP contribution in [0.1, 0.15) is 28.4 Å². The van der Waals surface area contributed by atoms with Gasteiger partial charge in [0.2, 0.25) is 0 Å². The van der Waals surface area contributed by atoms with Gasteiger partial charge in [0.25, 0.3) is 0 Å². The molecule has 1 aromatic heterocycles. The van der Waals surface area contributed by atoms with Gasteiger partial charge in [0.15, 0.2) is 0 Å². The second-order valence-electron chi connectivity index (χ2n) is 9.63. The highest BCUT2D eigenvalue weighted by molar-refractivity contribution is 5.94. The van der Waals surface area contributed by atoms with E-state index in [0.29, 0.717) is 45.1 Å². The van der Waals surface area contributed by atoms with E-state index in [0.717, 1.165) is 24.3 Å². The number of nitrogens with zero attached hydrogens (tertiary/aromatic N) is 2. The monoisotopic (exact) mass is 610 g/mol. The maximum Gasteiger partial charge on any atom is 0.416 e. The van der Waals surface area contributed by atoms with Gasteiger partial charge in [0, 0.05) is 16.7 Å². The zero-order chi connectivity index (χ0) is 31.6. The molecule has 0 N–H and O–H groups in total. The van der Waals surface area contributed by atoms with Gasteiger partial charge in [-0.15, -0.1) is 0 Å². The number of esters is 1. The van der Waals surface area contributed by atoms with Crippen molar-refractivity contribution in [3.05, 3.63) is 114 Å². The van der Waals surface area contributed by atoms with Crippen LogP contribution in [-0.4, -0.2) is 29.5 Å². The Morgan fingerprint density at radius 3 is 1.68 bits per heavy atom. The van der Waals surface area contributed by atoms with Crippen LogP contribution >= 0.6 is 0 Å². The van der Waals surface area contributed by atoms with Crippen LogP contribution in [0.15, 0.2) is 97.1 Å². The Balaban J connectivity index is 1.79. The lowest BCUT2D eigenvalue weighted by Gasteiger charge is -2.13. The number of hydrogen-bond donors (Lipinski definition) is 0. The van der Waals surface area contributed by atoms with Crippen LogP contribution in [0.4, 0.5) is 26.3 Å². The van der Waals surface area contributed by atoms with E-state index in [1.165, 1.54) is 48.2 Å². The predicted octanol–water partition coefficient (Wildman–Crippen LogP) is 9.10. The third kappa shape index (κ3) is 6.17. The molecule has 0 saturated carbocycles. The summed E-state index contributed by atoms with van der Waals surface area (Å²) < 4.78 is 92.4. The number of methoxy groups -OCH3 is 1. The fraction of sp³-hybridized carbons (Fsp3) is 0.152. The average Bonchev–Trinajstić information content (AvgIpc) is 3.41. The van der Waals surface area contributed by atoms with Gasteiger partial charge >= 0.3 is 18.3 Å². The number of carbonyl (C=O) groups is 1. The van der Waals surface area contributed by atoms with E-state index in [1.54, 1.807) is 43.3 Å². The molecule has 0 unspecified atom stereocenters. The van der Waals surface area contributed by atoms with Crippen molar-refractivity contribution in [2.75, 3.05) is 13.7 Å². The summed E-state index contributed by atoms with van der Waals surface area (Å²) in [6, 6.07) is 22.0. The van der Waals surface area contributed by atoms with Crippen LogP contribution < -0.4 is 4.74 Å². The second-order valence-corrected chi connectivity index (χ2v) is 9.63. The van der Waals surface area contributed by atoms with Crippen LogP contribution in [0, 0.1) is 0 Å². The van der Waals surface area contributed by atoms with Gasteiger partial charge in [-0.2, -0.15) is 31.4 Å². The van der Waals surface area contributed by atoms with Gasteiger partial charge in [0.1, 0.15) is 11.4 Å². The average molecular weight is 611 g/mol. The zero-order valence-electron chi connectivity index (χ0n) is 23.3. The van der Waals surface area contributed by atoms with Crippen molar-refractivity contribution in [2.45, 2.75) is 19.3 Å². The van der Waals surface area contributed by atoms with Crippen molar-refractivity contribution in [1.29, 1.82) is 0 Å². The smallest absolute Gasteiger partial charge is 0.416 e. The predicted molar refractivity (Wildman–Crippen MR) is 152 cm³/mol. The van der Waals surface area contributed by atoms with Crippen molar-refractivity contribution < 1.29 is 40.6 Å². The van der Waals surface area contributed by atoms with Crippen LogP contribution in [0.2, 0.25) is 0 Å². The van der Waals surface area contributed by atoms with Gasteiger partial charge in [-0.05, 0) is 73.2 Å². The Labute approximate surface area is 248 Å². The van der Waals surface area contributed by atoms with Crippen molar-refractivity contribution in [1.82, 2.24) is 9.78 Å². The summed E-state index contributed by atoms with van der Waals surface area (Å²) in [6.07, 6.45) is -9.15. The molecule has 0 fully saturated rings. The summed E-state index contributed by atoms with van der Waals surface area (Å²) in [7, 11) is 1.50. The number of aromatic nitrogens is 2. The van der Waals surface area contributed by atoms with Gasteiger partial charge in [-0.3, -0.25) is 0 Å². The van der Waals surface area contributed by atoms with E-state index in [-0.39, 0.29) is 12.2 Å². The lowest BCUT2D eigenvalue weighted by molar-refractivity contribution is -0.138. The highest BCUT2D eigenvalue weighted by atomic mass is 19.4. The molecule has 0 aliphatic carbocycles. The number of ether oxygens (including phenoxy) is 2. The number of carbonyl (C=O) groups excluding carboxylic acids is 1. The SMILES string of the molecule is CCOC(=O)c1ccc(-c2nn(-c3ccc(OC)cc3)c(-c3ccc(C(F)(F)F)cc3)c2-c2ccc(C(F)(F)F)cc2)cc1. The third-order valence-electron chi connectivity index (χ3n) is 6.86. The minimum Gasteiger partial charge on any atom is -0.497 e. The quantitative estimate of drug-likeness (QED) is 0.136. The number of halogens is 6. The standard InChI is InChI=1S/C33H24F6N2O3/c1-3-44-31(42)23-6-4-21(5-7-23)29-28(20-8-12-24(13-9-20)32(34,35)36)30(22-10-14-25(15-11-22)33(37,38)39)41(40-29)26-16-18-27(43-2)19-17-26/h4-19H,3H2,1-2H3. The molecule has 5 rings (SSSR count). The van der Waals surface area contributed by atoms with Gasteiger partial charge in [-0.1, -0.05) is 36.4 Å².